The van der Waals surface area contributed by atoms with Gasteiger partial charge >= 0.3 is 0 Å². The molecule has 4 aromatic rings. The molecular formula is C32H31F2N3O4S. The summed E-state index contributed by atoms with van der Waals surface area (Å²) in [5, 5.41) is 7.83. The number of carbonyl (C=O) groups is 2. The number of amides is 2. The van der Waals surface area contributed by atoms with Crippen molar-refractivity contribution in [3.8, 4) is 22.3 Å². The molecule has 0 spiro atoms. The summed E-state index contributed by atoms with van der Waals surface area (Å²) >= 11 is 0. The highest BCUT2D eigenvalue weighted by Crippen LogP contribution is 2.29. The minimum Gasteiger partial charge on any atom is -0.350 e. The summed E-state index contributed by atoms with van der Waals surface area (Å²) in [6.07, 6.45) is 0.422. The molecule has 42 heavy (non-hydrogen) atoms. The van der Waals surface area contributed by atoms with Gasteiger partial charge in [0.1, 0.15) is 11.6 Å². The molecule has 4 rings (SSSR count). The number of hydrogen-bond donors (Lipinski definition) is 2. The molecule has 0 aliphatic rings. The van der Waals surface area contributed by atoms with E-state index in [1.165, 1.54) is 41.3 Å². The van der Waals surface area contributed by atoms with Crippen molar-refractivity contribution < 1.29 is 26.8 Å². The highest BCUT2D eigenvalue weighted by molar-refractivity contribution is 7.89. The molecule has 0 radical (unpaired) electrons. The van der Waals surface area contributed by atoms with Crippen molar-refractivity contribution in [2.75, 3.05) is 13.6 Å². The Morgan fingerprint density at radius 3 is 1.88 bits per heavy atom. The quantitative estimate of drug-likeness (QED) is 0.272. The summed E-state index contributed by atoms with van der Waals surface area (Å²) in [5.74, 6) is -2.30. The van der Waals surface area contributed by atoms with Gasteiger partial charge in [0.25, 0.3) is 11.8 Å². The highest BCUT2D eigenvalue weighted by atomic mass is 32.2. The smallest absolute Gasteiger partial charge is 0.256 e. The summed E-state index contributed by atoms with van der Waals surface area (Å²) in [6.45, 7) is 3.85. The van der Waals surface area contributed by atoms with E-state index in [0.717, 1.165) is 5.56 Å². The number of rotatable bonds is 9. The molecule has 4 aromatic carbocycles. The maximum absolute atomic E-state index is 14.8. The van der Waals surface area contributed by atoms with E-state index in [0.29, 0.717) is 28.7 Å². The van der Waals surface area contributed by atoms with E-state index in [1.807, 2.05) is 18.2 Å². The normalized spacial score (nSPS) is 11.4. The van der Waals surface area contributed by atoms with E-state index in [1.54, 1.807) is 51.2 Å². The molecule has 3 N–H and O–H groups in total. The van der Waals surface area contributed by atoms with Crippen LogP contribution >= 0.6 is 0 Å². The molecule has 0 fully saturated rings. The lowest BCUT2D eigenvalue weighted by Gasteiger charge is -2.18. The van der Waals surface area contributed by atoms with E-state index in [2.05, 4.69) is 5.32 Å². The van der Waals surface area contributed by atoms with E-state index >= 15 is 0 Å². The third-order valence-corrected chi connectivity index (χ3v) is 7.62. The zero-order valence-electron chi connectivity index (χ0n) is 23.4. The highest BCUT2D eigenvalue weighted by Gasteiger charge is 2.19. The topological polar surface area (TPSA) is 110 Å². The zero-order chi connectivity index (χ0) is 30.6. The second kappa shape index (κ2) is 12.6. The van der Waals surface area contributed by atoms with Gasteiger partial charge < -0.3 is 10.2 Å². The van der Waals surface area contributed by atoms with Gasteiger partial charge in [-0.1, -0.05) is 42.5 Å². The third-order valence-electron chi connectivity index (χ3n) is 6.69. The van der Waals surface area contributed by atoms with Crippen molar-refractivity contribution in [2.45, 2.75) is 31.2 Å². The molecule has 0 heterocycles. The fourth-order valence-electron chi connectivity index (χ4n) is 4.42. The van der Waals surface area contributed by atoms with Crippen molar-refractivity contribution in [1.82, 2.24) is 10.2 Å². The second-order valence-electron chi connectivity index (χ2n) is 10.3. The molecule has 0 aromatic heterocycles. The molecule has 0 bridgehead atoms. The lowest BCUT2D eigenvalue weighted by atomic mass is 9.96. The van der Waals surface area contributed by atoms with Crippen LogP contribution in [0, 0.1) is 11.6 Å². The van der Waals surface area contributed by atoms with Crippen molar-refractivity contribution in [2.24, 2.45) is 5.14 Å². The molecule has 7 nitrogen and oxygen atoms in total. The number of hydrogen-bond acceptors (Lipinski definition) is 4. The number of nitrogens with zero attached hydrogens (tertiary/aromatic N) is 1. The SMILES string of the molecule is CC(C)NC(=O)c1cc(-c2cccc(-c3ccc(F)c(C(=O)N(C)CCc4ccc(S(N)(=O)=O)cc4)c3)c2)ccc1F. The van der Waals surface area contributed by atoms with Gasteiger partial charge in [-0.3, -0.25) is 9.59 Å². The largest absolute Gasteiger partial charge is 0.350 e. The molecule has 0 aliphatic carbocycles. The first-order valence-electron chi connectivity index (χ1n) is 13.2. The summed E-state index contributed by atoms with van der Waals surface area (Å²) < 4.78 is 52.1. The summed E-state index contributed by atoms with van der Waals surface area (Å²) in [4.78, 5) is 27.0. The Kier molecular flexibility index (Phi) is 9.18. The van der Waals surface area contributed by atoms with Crippen LogP contribution in [0.1, 0.15) is 40.1 Å². The summed E-state index contributed by atoms with van der Waals surface area (Å²) in [5.41, 5.74) is 3.28. The standard InChI is InChI=1S/C32H31F2N3O4S/c1-20(2)36-31(38)27-18-24(9-13-29(27)33)22-5-4-6-23(17-22)25-10-14-30(34)28(19-25)32(39)37(3)16-15-21-7-11-26(12-8-21)42(35,40)41/h4-14,17-20H,15-16H2,1-3H3,(H,36,38)(H2,35,40,41). The first-order valence-corrected chi connectivity index (χ1v) is 14.8. The number of carbonyl (C=O) groups excluding carboxylic acids is 2. The van der Waals surface area contributed by atoms with Crippen LogP contribution in [0.5, 0.6) is 0 Å². The molecule has 0 atom stereocenters. The van der Waals surface area contributed by atoms with Gasteiger partial charge in [-0.15, -0.1) is 0 Å². The van der Waals surface area contributed by atoms with E-state index in [9.17, 15) is 26.8 Å². The molecule has 218 valence electrons. The monoisotopic (exact) mass is 591 g/mol. The molecule has 2 amide bonds. The van der Waals surface area contributed by atoms with Crippen LogP contribution in [-0.2, 0) is 16.4 Å². The second-order valence-corrected chi connectivity index (χ2v) is 11.8. The predicted octanol–water partition coefficient (Wildman–Crippen LogP) is 5.40. The maximum Gasteiger partial charge on any atom is 0.256 e. The molecule has 10 heteroatoms. The van der Waals surface area contributed by atoms with Crippen LogP contribution < -0.4 is 10.5 Å². The minimum atomic E-state index is -3.80. The Morgan fingerprint density at radius 2 is 1.33 bits per heavy atom. The van der Waals surface area contributed by atoms with Gasteiger partial charge in [-0.2, -0.15) is 0 Å². The minimum absolute atomic E-state index is 0.00451. The molecule has 0 saturated carbocycles. The van der Waals surface area contributed by atoms with Crippen LogP contribution in [0.25, 0.3) is 22.3 Å². The van der Waals surface area contributed by atoms with Gasteiger partial charge in [0.2, 0.25) is 10.0 Å². The number of nitrogens with one attached hydrogen (secondary N) is 1. The van der Waals surface area contributed by atoms with E-state index < -0.39 is 33.5 Å². The Balaban J connectivity index is 1.54. The van der Waals surface area contributed by atoms with Crippen molar-refractivity contribution in [3.05, 3.63) is 113 Å². The van der Waals surface area contributed by atoms with Crippen LogP contribution in [-0.4, -0.2) is 44.8 Å². The number of nitrogens with two attached hydrogens (primary N) is 1. The number of likely N-dealkylation sites (N-methyl/N-ethyl adjacent to an activating group) is 1. The molecule has 0 aliphatic heterocycles. The van der Waals surface area contributed by atoms with Gasteiger partial charge in [-0.25, -0.2) is 22.3 Å². The Hall–Kier alpha value is -4.41. The van der Waals surface area contributed by atoms with Crippen molar-refractivity contribution in [1.29, 1.82) is 0 Å². The van der Waals surface area contributed by atoms with Gasteiger partial charge in [0, 0.05) is 19.6 Å². The van der Waals surface area contributed by atoms with Crippen LogP contribution in [0.3, 0.4) is 0 Å². The number of benzene rings is 4. The van der Waals surface area contributed by atoms with E-state index in [4.69, 9.17) is 5.14 Å². The lowest BCUT2D eigenvalue weighted by Crippen LogP contribution is -2.30. The fourth-order valence-corrected chi connectivity index (χ4v) is 4.93. The van der Waals surface area contributed by atoms with Crippen molar-refractivity contribution >= 4 is 21.8 Å². The maximum atomic E-state index is 14.8. The Morgan fingerprint density at radius 1 is 0.810 bits per heavy atom. The van der Waals surface area contributed by atoms with E-state index in [-0.39, 0.29) is 28.6 Å². The summed E-state index contributed by atoms with van der Waals surface area (Å²) in [7, 11) is -2.23. The lowest BCUT2D eigenvalue weighted by molar-refractivity contribution is 0.0791. The van der Waals surface area contributed by atoms with Crippen LogP contribution in [0.2, 0.25) is 0 Å². The fraction of sp³-hybridized carbons (Fsp3) is 0.188. The molecule has 0 unspecified atom stereocenters. The molecule has 0 saturated heterocycles. The number of halogens is 2. The average molecular weight is 592 g/mol. The Labute approximate surface area is 244 Å². The van der Waals surface area contributed by atoms with Crippen LogP contribution in [0.15, 0.2) is 89.8 Å². The Bertz CT molecular complexity index is 1740. The van der Waals surface area contributed by atoms with Gasteiger partial charge in [0.05, 0.1) is 16.0 Å². The van der Waals surface area contributed by atoms with Crippen molar-refractivity contribution in [3.63, 3.8) is 0 Å². The number of sulfonamides is 1. The first kappa shape index (κ1) is 30.5. The third kappa shape index (κ3) is 7.26. The number of primary sulfonamides is 1. The summed E-state index contributed by atoms with van der Waals surface area (Å²) in [6, 6.07) is 21.8. The average Bonchev–Trinajstić information content (AvgIpc) is 2.95. The predicted molar refractivity (Wildman–Crippen MR) is 158 cm³/mol. The van der Waals surface area contributed by atoms with Gasteiger partial charge in [-0.05, 0) is 90.6 Å². The zero-order valence-corrected chi connectivity index (χ0v) is 24.2. The van der Waals surface area contributed by atoms with Gasteiger partial charge in [0.15, 0.2) is 0 Å². The first-order chi connectivity index (χ1) is 19.8. The molecular weight excluding hydrogens is 560 g/mol. The van der Waals surface area contributed by atoms with Crippen LogP contribution in [0.4, 0.5) is 8.78 Å².